The van der Waals surface area contributed by atoms with Crippen LogP contribution in [0.2, 0.25) is 0 Å². The van der Waals surface area contributed by atoms with E-state index in [1.54, 1.807) is 18.3 Å². The van der Waals surface area contributed by atoms with Crippen LogP contribution in [0.1, 0.15) is 30.6 Å². The van der Waals surface area contributed by atoms with Gasteiger partial charge in [-0.15, -0.1) is 0 Å². The van der Waals surface area contributed by atoms with Crippen molar-refractivity contribution in [3.8, 4) is 5.88 Å². The molecule has 128 valence electrons. The number of morpholine rings is 1. The Hall–Kier alpha value is -1.66. The summed E-state index contributed by atoms with van der Waals surface area (Å²) in [5.74, 6) is 0.793. The average Bonchev–Trinajstić information content (AvgIpc) is 2.58. The van der Waals surface area contributed by atoms with Gasteiger partial charge < -0.3 is 14.8 Å². The van der Waals surface area contributed by atoms with Gasteiger partial charge in [-0.25, -0.2) is 4.98 Å². The van der Waals surface area contributed by atoms with Crippen molar-refractivity contribution in [2.24, 2.45) is 5.92 Å². The van der Waals surface area contributed by atoms with Crippen molar-refractivity contribution in [3.05, 3.63) is 23.9 Å². The summed E-state index contributed by atoms with van der Waals surface area (Å²) in [5.41, 5.74) is 0.472. The van der Waals surface area contributed by atoms with Crippen LogP contribution in [-0.2, 0) is 4.74 Å². The highest BCUT2D eigenvalue weighted by Crippen LogP contribution is 2.15. The second-order valence-corrected chi connectivity index (χ2v) is 6.20. The van der Waals surface area contributed by atoms with Gasteiger partial charge >= 0.3 is 0 Å². The number of methoxy groups -OCH3 is 1. The summed E-state index contributed by atoms with van der Waals surface area (Å²) < 4.78 is 10.6. The molecule has 1 aromatic rings. The molecular weight excluding hydrogens is 294 g/mol. The van der Waals surface area contributed by atoms with Crippen LogP contribution in [-0.4, -0.2) is 61.8 Å². The van der Waals surface area contributed by atoms with Gasteiger partial charge in [0.25, 0.3) is 5.91 Å². The van der Waals surface area contributed by atoms with Crippen molar-refractivity contribution in [1.82, 2.24) is 15.2 Å². The molecule has 0 bridgehead atoms. The van der Waals surface area contributed by atoms with Crippen molar-refractivity contribution >= 4 is 5.91 Å². The normalized spacial score (nSPS) is 17.0. The number of amides is 1. The predicted octanol–water partition coefficient (Wildman–Crippen LogP) is 1.57. The van der Waals surface area contributed by atoms with Crippen LogP contribution in [0.3, 0.4) is 0 Å². The van der Waals surface area contributed by atoms with E-state index >= 15 is 0 Å². The number of carbonyl (C=O) groups is 1. The Bertz CT molecular complexity index is 502. The van der Waals surface area contributed by atoms with Gasteiger partial charge in [-0.05, 0) is 24.5 Å². The number of nitrogens with one attached hydrogen (secondary N) is 1. The standard InChI is InChI=1S/C17H27N3O3/c1-13(2)11-14(20-7-9-23-10-8-20)12-19-16(21)15-5-4-6-18-17(15)22-3/h4-6,13-14H,7-12H2,1-3H3,(H,19,21)/t14-/m1/s1. The molecule has 1 N–H and O–H groups in total. The summed E-state index contributed by atoms with van der Waals surface area (Å²) >= 11 is 0. The molecule has 1 aromatic heterocycles. The zero-order valence-corrected chi connectivity index (χ0v) is 14.2. The lowest BCUT2D eigenvalue weighted by Gasteiger charge is -2.35. The van der Waals surface area contributed by atoms with Crippen molar-refractivity contribution in [1.29, 1.82) is 0 Å². The molecular formula is C17H27N3O3. The van der Waals surface area contributed by atoms with Gasteiger partial charge in [0.2, 0.25) is 5.88 Å². The topological polar surface area (TPSA) is 63.7 Å². The highest BCUT2D eigenvalue weighted by Gasteiger charge is 2.23. The molecule has 0 radical (unpaired) electrons. The summed E-state index contributed by atoms with van der Waals surface area (Å²) in [6, 6.07) is 3.80. The second-order valence-electron chi connectivity index (χ2n) is 6.20. The lowest BCUT2D eigenvalue weighted by atomic mass is 10.0. The third-order valence-corrected chi connectivity index (χ3v) is 4.01. The average molecular weight is 321 g/mol. The molecule has 0 spiro atoms. The van der Waals surface area contributed by atoms with E-state index in [0.717, 1.165) is 32.7 Å². The van der Waals surface area contributed by atoms with Crippen LogP contribution in [0.25, 0.3) is 0 Å². The maximum atomic E-state index is 12.4. The molecule has 0 saturated carbocycles. The minimum absolute atomic E-state index is 0.142. The Morgan fingerprint density at radius 3 is 2.83 bits per heavy atom. The molecule has 1 aliphatic heterocycles. The highest BCUT2D eigenvalue weighted by molar-refractivity contribution is 5.96. The number of aromatic nitrogens is 1. The molecule has 0 aromatic carbocycles. The largest absolute Gasteiger partial charge is 0.480 e. The van der Waals surface area contributed by atoms with Gasteiger partial charge in [0.05, 0.1) is 20.3 Å². The van der Waals surface area contributed by atoms with Gasteiger partial charge in [0.15, 0.2) is 0 Å². The van der Waals surface area contributed by atoms with Crippen LogP contribution in [0.15, 0.2) is 18.3 Å². The van der Waals surface area contributed by atoms with E-state index in [0.29, 0.717) is 29.9 Å². The first kappa shape index (κ1) is 17.7. The zero-order valence-electron chi connectivity index (χ0n) is 14.2. The molecule has 1 aliphatic rings. The van der Waals surface area contributed by atoms with E-state index < -0.39 is 0 Å². The highest BCUT2D eigenvalue weighted by atomic mass is 16.5. The Balaban J connectivity index is 1.97. The maximum absolute atomic E-state index is 12.4. The summed E-state index contributed by atoms with van der Waals surface area (Å²) in [6.07, 6.45) is 2.66. The van der Waals surface area contributed by atoms with Gasteiger partial charge in [-0.2, -0.15) is 0 Å². The van der Waals surface area contributed by atoms with Crippen LogP contribution < -0.4 is 10.1 Å². The van der Waals surface area contributed by atoms with Gasteiger partial charge in [-0.1, -0.05) is 13.8 Å². The molecule has 1 atom stereocenters. The molecule has 6 heteroatoms. The minimum atomic E-state index is -0.142. The van der Waals surface area contributed by atoms with Crippen molar-refractivity contribution in [2.75, 3.05) is 40.0 Å². The molecule has 0 aliphatic carbocycles. The van der Waals surface area contributed by atoms with E-state index in [2.05, 4.69) is 29.0 Å². The van der Waals surface area contributed by atoms with E-state index in [-0.39, 0.29) is 5.91 Å². The monoisotopic (exact) mass is 321 g/mol. The fourth-order valence-corrected chi connectivity index (χ4v) is 2.88. The summed E-state index contributed by atoms with van der Waals surface area (Å²) in [7, 11) is 1.52. The number of carbonyl (C=O) groups excluding carboxylic acids is 1. The molecule has 6 nitrogen and oxygen atoms in total. The van der Waals surface area contributed by atoms with Gasteiger partial charge in [-0.3, -0.25) is 9.69 Å². The van der Waals surface area contributed by atoms with E-state index in [1.165, 1.54) is 7.11 Å². The Morgan fingerprint density at radius 2 is 2.17 bits per heavy atom. The molecule has 1 amide bonds. The number of ether oxygens (including phenoxy) is 2. The van der Waals surface area contributed by atoms with Crippen LogP contribution >= 0.6 is 0 Å². The third-order valence-electron chi connectivity index (χ3n) is 4.01. The molecule has 2 rings (SSSR count). The van der Waals surface area contributed by atoms with Crippen molar-refractivity contribution in [2.45, 2.75) is 26.3 Å². The first-order valence-electron chi connectivity index (χ1n) is 8.20. The number of rotatable bonds is 7. The van der Waals surface area contributed by atoms with E-state index in [1.807, 2.05) is 0 Å². The fraction of sp³-hybridized carbons (Fsp3) is 0.647. The maximum Gasteiger partial charge on any atom is 0.256 e. The van der Waals surface area contributed by atoms with Crippen LogP contribution in [0, 0.1) is 5.92 Å². The summed E-state index contributed by atoms with van der Waals surface area (Å²) in [5, 5.41) is 3.04. The number of nitrogens with zero attached hydrogens (tertiary/aromatic N) is 2. The second kappa shape index (κ2) is 8.84. The summed E-state index contributed by atoms with van der Waals surface area (Å²) in [4.78, 5) is 18.9. The third kappa shape index (κ3) is 5.18. The van der Waals surface area contributed by atoms with Gasteiger partial charge in [0.1, 0.15) is 5.56 Å². The minimum Gasteiger partial charge on any atom is -0.480 e. The van der Waals surface area contributed by atoms with E-state index in [4.69, 9.17) is 9.47 Å². The fourth-order valence-electron chi connectivity index (χ4n) is 2.88. The number of hydrogen-bond acceptors (Lipinski definition) is 5. The first-order valence-corrected chi connectivity index (χ1v) is 8.20. The lowest BCUT2D eigenvalue weighted by molar-refractivity contribution is 0.0124. The molecule has 0 unspecified atom stereocenters. The van der Waals surface area contributed by atoms with E-state index in [9.17, 15) is 4.79 Å². The predicted molar refractivity (Wildman–Crippen MR) is 88.8 cm³/mol. The lowest BCUT2D eigenvalue weighted by Crippen LogP contribution is -2.49. The number of pyridine rings is 1. The molecule has 23 heavy (non-hydrogen) atoms. The zero-order chi connectivity index (χ0) is 16.7. The van der Waals surface area contributed by atoms with Crippen molar-refractivity contribution < 1.29 is 14.3 Å². The first-order chi connectivity index (χ1) is 11.1. The summed E-state index contributed by atoms with van der Waals surface area (Å²) in [6.45, 7) is 8.40. The Kier molecular flexibility index (Phi) is 6.80. The molecule has 1 saturated heterocycles. The quantitative estimate of drug-likeness (QED) is 0.826. The molecule has 1 fully saturated rings. The Labute approximate surface area is 138 Å². The van der Waals surface area contributed by atoms with Crippen LogP contribution in [0.5, 0.6) is 5.88 Å². The number of hydrogen-bond donors (Lipinski definition) is 1. The Morgan fingerprint density at radius 1 is 1.43 bits per heavy atom. The van der Waals surface area contributed by atoms with Gasteiger partial charge in [0, 0.05) is 31.9 Å². The van der Waals surface area contributed by atoms with Crippen LogP contribution in [0.4, 0.5) is 0 Å². The smallest absolute Gasteiger partial charge is 0.256 e. The van der Waals surface area contributed by atoms with Crippen molar-refractivity contribution in [3.63, 3.8) is 0 Å². The molecule has 2 heterocycles. The SMILES string of the molecule is COc1ncccc1C(=O)NC[C@@H](CC(C)C)N1CCOCC1.